The smallest absolute Gasteiger partial charge is 0.295 e. The van der Waals surface area contributed by atoms with Gasteiger partial charge in [0.25, 0.3) is 11.7 Å². The van der Waals surface area contributed by atoms with Crippen molar-refractivity contribution in [1.29, 1.82) is 0 Å². The minimum Gasteiger partial charge on any atom is -0.507 e. The van der Waals surface area contributed by atoms with E-state index in [1.54, 1.807) is 19.2 Å². The van der Waals surface area contributed by atoms with Gasteiger partial charge < -0.3 is 14.7 Å². The molecule has 1 aliphatic rings. The molecule has 0 radical (unpaired) electrons. The number of aliphatic hydroxyl groups is 1. The molecule has 152 valence electrons. The van der Waals surface area contributed by atoms with Gasteiger partial charge in [-0.2, -0.15) is 0 Å². The van der Waals surface area contributed by atoms with E-state index in [0.717, 1.165) is 11.1 Å². The topological polar surface area (TPSA) is 79.7 Å². The lowest BCUT2D eigenvalue weighted by molar-refractivity contribution is -0.140. The summed E-state index contributed by atoms with van der Waals surface area (Å²) in [5.74, 6) is -1.53. The average Bonchev–Trinajstić information content (AvgIpc) is 2.96. The number of pyridine rings is 1. The molecule has 2 heterocycles. The van der Waals surface area contributed by atoms with Crippen LogP contribution in [-0.2, 0) is 19.7 Å². The highest BCUT2D eigenvalue weighted by molar-refractivity contribution is 6.46. The molecule has 1 aromatic carbocycles. The number of aliphatic hydroxyl groups excluding tert-OH is 1. The molecule has 29 heavy (non-hydrogen) atoms. The van der Waals surface area contributed by atoms with Crippen molar-refractivity contribution in [2.75, 3.05) is 20.3 Å². The van der Waals surface area contributed by atoms with Crippen molar-refractivity contribution in [1.82, 2.24) is 9.88 Å². The van der Waals surface area contributed by atoms with Crippen molar-refractivity contribution >= 4 is 17.4 Å². The first-order valence-corrected chi connectivity index (χ1v) is 9.54. The van der Waals surface area contributed by atoms with E-state index in [1.165, 1.54) is 17.3 Å². The maximum atomic E-state index is 12.8. The summed E-state index contributed by atoms with van der Waals surface area (Å²) in [6.07, 6.45) is 3.06. The van der Waals surface area contributed by atoms with Gasteiger partial charge in [-0.1, -0.05) is 45.0 Å². The molecule has 0 aliphatic carbocycles. The maximum absolute atomic E-state index is 12.8. The summed E-state index contributed by atoms with van der Waals surface area (Å²) in [7, 11) is 1.54. The second kappa shape index (κ2) is 8.17. The number of hydrogen-bond donors (Lipinski definition) is 1. The molecule has 0 spiro atoms. The second-order valence-corrected chi connectivity index (χ2v) is 8.09. The normalized spacial score (nSPS) is 19.0. The third-order valence-corrected chi connectivity index (χ3v) is 5.12. The van der Waals surface area contributed by atoms with E-state index in [4.69, 9.17) is 4.74 Å². The molecule has 1 aromatic heterocycles. The number of Topliss-reactive ketones (excluding diaryl/α,β-unsaturated/α-hetero) is 1. The standard InChI is InChI=1S/C23H26N2O4/c1-23(2,3)17-7-5-15(6-8-17)19-18(20(26)16-9-11-24-12-10-16)21(27)22(28)25(19)13-14-29-4/h5-12,19,26H,13-14H2,1-4H3/b20-18+. The first-order chi connectivity index (χ1) is 13.8. The van der Waals surface area contributed by atoms with Gasteiger partial charge in [0, 0.05) is 31.6 Å². The van der Waals surface area contributed by atoms with Crippen LogP contribution in [0.1, 0.15) is 43.5 Å². The molecule has 0 bridgehead atoms. The number of ether oxygens (including phenoxy) is 1. The Morgan fingerprint density at radius 2 is 1.72 bits per heavy atom. The molecule has 1 N–H and O–H groups in total. The molecule has 1 amide bonds. The van der Waals surface area contributed by atoms with Crippen LogP contribution in [0.15, 0.2) is 54.4 Å². The Morgan fingerprint density at radius 1 is 1.10 bits per heavy atom. The Balaban J connectivity index is 2.13. The molecule has 1 fully saturated rings. The fraction of sp³-hybridized carbons (Fsp3) is 0.348. The highest BCUT2D eigenvalue weighted by atomic mass is 16.5. The summed E-state index contributed by atoms with van der Waals surface area (Å²) < 4.78 is 5.12. The lowest BCUT2D eigenvalue weighted by Crippen LogP contribution is -2.32. The number of amides is 1. The first kappa shape index (κ1) is 20.7. The first-order valence-electron chi connectivity index (χ1n) is 9.54. The van der Waals surface area contributed by atoms with E-state index in [0.29, 0.717) is 12.2 Å². The average molecular weight is 394 g/mol. The van der Waals surface area contributed by atoms with Gasteiger partial charge in [-0.05, 0) is 28.7 Å². The third kappa shape index (κ3) is 4.07. The molecule has 6 nitrogen and oxygen atoms in total. The van der Waals surface area contributed by atoms with Crippen LogP contribution in [0.5, 0.6) is 0 Å². The van der Waals surface area contributed by atoms with E-state index in [9.17, 15) is 14.7 Å². The van der Waals surface area contributed by atoms with Gasteiger partial charge in [0.15, 0.2) is 0 Å². The van der Waals surface area contributed by atoms with Crippen LogP contribution in [-0.4, -0.2) is 46.9 Å². The van der Waals surface area contributed by atoms with E-state index >= 15 is 0 Å². The fourth-order valence-corrected chi connectivity index (χ4v) is 3.48. The minimum atomic E-state index is -0.694. The van der Waals surface area contributed by atoms with Gasteiger partial charge in [-0.15, -0.1) is 0 Å². The summed E-state index contributed by atoms with van der Waals surface area (Å²) in [6.45, 7) is 6.90. The second-order valence-electron chi connectivity index (χ2n) is 8.09. The SMILES string of the molecule is COCCN1C(=O)C(=O)/C(=C(/O)c2ccncc2)C1c1ccc(C(C)(C)C)cc1. The molecule has 0 saturated carbocycles. The molecule has 2 aromatic rings. The van der Waals surface area contributed by atoms with Crippen LogP contribution in [0.2, 0.25) is 0 Å². The molecule has 1 unspecified atom stereocenters. The molecule has 6 heteroatoms. The zero-order valence-corrected chi connectivity index (χ0v) is 17.2. The monoisotopic (exact) mass is 394 g/mol. The van der Waals surface area contributed by atoms with E-state index in [-0.39, 0.29) is 23.3 Å². The number of benzene rings is 1. The zero-order chi connectivity index (χ0) is 21.2. The maximum Gasteiger partial charge on any atom is 0.295 e. The van der Waals surface area contributed by atoms with Crippen molar-refractivity contribution in [2.45, 2.75) is 32.2 Å². The zero-order valence-electron chi connectivity index (χ0n) is 17.2. The molecule has 1 saturated heterocycles. The molecular formula is C23H26N2O4. The van der Waals surface area contributed by atoms with Crippen LogP contribution in [0.3, 0.4) is 0 Å². The quantitative estimate of drug-likeness (QED) is 0.477. The highest BCUT2D eigenvalue weighted by Gasteiger charge is 2.45. The van der Waals surface area contributed by atoms with Crippen LogP contribution in [0.25, 0.3) is 5.76 Å². The number of aromatic nitrogens is 1. The van der Waals surface area contributed by atoms with Crippen LogP contribution < -0.4 is 0 Å². The van der Waals surface area contributed by atoms with Gasteiger partial charge in [0.05, 0.1) is 18.2 Å². The summed E-state index contributed by atoms with van der Waals surface area (Å²) in [4.78, 5) is 31.0. The number of carbonyl (C=O) groups is 2. The van der Waals surface area contributed by atoms with Gasteiger partial charge in [0.1, 0.15) is 5.76 Å². The lowest BCUT2D eigenvalue weighted by atomic mass is 9.85. The van der Waals surface area contributed by atoms with Crippen LogP contribution in [0, 0.1) is 0 Å². The summed E-state index contributed by atoms with van der Waals surface area (Å²) in [5, 5.41) is 10.9. The largest absolute Gasteiger partial charge is 0.507 e. The predicted molar refractivity (Wildman–Crippen MR) is 110 cm³/mol. The van der Waals surface area contributed by atoms with Crippen molar-refractivity contribution in [3.63, 3.8) is 0 Å². The van der Waals surface area contributed by atoms with E-state index in [1.807, 2.05) is 24.3 Å². The van der Waals surface area contributed by atoms with Gasteiger partial charge in [0.2, 0.25) is 0 Å². The summed E-state index contributed by atoms with van der Waals surface area (Å²) in [6, 6.07) is 10.4. The molecule has 1 atom stereocenters. The number of rotatable bonds is 5. The van der Waals surface area contributed by atoms with E-state index in [2.05, 4.69) is 25.8 Å². The molecule has 3 rings (SSSR count). The Morgan fingerprint density at radius 3 is 2.28 bits per heavy atom. The Bertz CT molecular complexity index is 928. The van der Waals surface area contributed by atoms with Crippen molar-refractivity contribution < 1.29 is 19.4 Å². The number of carbonyl (C=O) groups excluding carboxylic acids is 2. The number of ketones is 1. The van der Waals surface area contributed by atoms with Crippen molar-refractivity contribution in [3.05, 3.63) is 71.1 Å². The highest BCUT2D eigenvalue weighted by Crippen LogP contribution is 2.39. The van der Waals surface area contributed by atoms with E-state index < -0.39 is 17.7 Å². The van der Waals surface area contributed by atoms with Gasteiger partial charge in [-0.3, -0.25) is 14.6 Å². The van der Waals surface area contributed by atoms with Crippen molar-refractivity contribution in [2.24, 2.45) is 0 Å². The summed E-state index contributed by atoms with van der Waals surface area (Å²) in [5.41, 5.74) is 2.42. The van der Waals surface area contributed by atoms with Crippen LogP contribution in [0.4, 0.5) is 0 Å². The number of nitrogens with zero attached hydrogens (tertiary/aromatic N) is 2. The number of likely N-dealkylation sites (tertiary alicyclic amines) is 1. The third-order valence-electron chi connectivity index (χ3n) is 5.12. The van der Waals surface area contributed by atoms with Gasteiger partial charge >= 0.3 is 0 Å². The van der Waals surface area contributed by atoms with Crippen LogP contribution >= 0.6 is 0 Å². The lowest BCUT2D eigenvalue weighted by Gasteiger charge is -2.26. The Kier molecular flexibility index (Phi) is 5.84. The predicted octanol–water partition coefficient (Wildman–Crippen LogP) is 3.45. The minimum absolute atomic E-state index is 0.0204. The van der Waals surface area contributed by atoms with Crippen molar-refractivity contribution in [3.8, 4) is 0 Å². The van der Waals surface area contributed by atoms with Gasteiger partial charge in [-0.25, -0.2) is 0 Å². The molecular weight excluding hydrogens is 368 g/mol. The number of methoxy groups -OCH3 is 1. The number of hydrogen-bond acceptors (Lipinski definition) is 5. The Labute approximate surface area is 170 Å². The summed E-state index contributed by atoms with van der Waals surface area (Å²) >= 11 is 0. The fourth-order valence-electron chi connectivity index (χ4n) is 3.48. The molecule has 1 aliphatic heterocycles. The Hall–Kier alpha value is -2.99.